The van der Waals surface area contributed by atoms with Gasteiger partial charge in [0.25, 0.3) is 11.6 Å². The number of hydrogen-bond donors (Lipinski definition) is 2. The van der Waals surface area contributed by atoms with Crippen molar-refractivity contribution in [3.05, 3.63) is 76.0 Å². The van der Waals surface area contributed by atoms with E-state index in [1.807, 2.05) is 30.3 Å². The molecule has 0 radical (unpaired) electrons. The van der Waals surface area contributed by atoms with Crippen molar-refractivity contribution < 1.29 is 9.72 Å². The topological polar surface area (TPSA) is 112 Å². The van der Waals surface area contributed by atoms with E-state index in [1.54, 1.807) is 6.20 Å². The van der Waals surface area contributed by atoms with E-state index in [-0.39, 0.29) is 16.9 Å². The molecule has 0 bridgehead atoms. The van der Waals surface area contributed by atoms with Gasteiger partial charge >= 0.3 is 0 Å². The third-order valence-corrected chi connectivity index (χ3v) is 3.60. The maximum Gasteiger partial charge on any atom is 0.271 e. The van der Waals surface area contributed by atoms with Crippen LogP contribution in [0.25, 0.3) is 17.0 Å². The lowest BCUT2D eigenvalue weighted by Crippen LogP contribution is -2.13. The summed E-state index contributed by atoms with van der Waals surface area (Å²) in [6.07, 6.45) is 3.19. The summed E-state index contributed by atoms with van der Waals surface area (Å²) in [5.74, 6) is -0.631. The van der Waals surface area contributed by atoms with Crippen LogP contribution < -0.4 is 5.32 Å². The smallest absolute Gasteiger partial charge is 0.271 e. The van der Waals surface area contributed by atoms with Crippen molar-refractivity contribution in [1.82, 2.24) is 4.98 Å². The molecule has 0 unspecified atom stereocenters. The second-order valence-corrected chi connectivity index (χ2v) is 5.22. The fraction of sp³-hybridized carbons (Fsp3) is 0. The number of amides is 1. The van der Waals surface area contributed by atoms with Gasteiger partial charge in [-0.1, -0.05) is 24.3 Å². The number of carbonyl (C=O) groups is 1. The second-order valence-electron chi connectivity index (χ2n) is 5.22. The molecule has 122 valence electrons. The van der Waals surface area contributed by atoms with Crippen LogP contribution in [0.2, 0.25) is 0 Å². The van der Waals surface area contributed by atoms with Gasteiger partial charge in [-0.05, 0) is 18.2 Å². The number of nitro benzene ring substituents is 1. The van der Waals surface area contributed by atoms with E-state index in [9.17, 15) is 20.2 Å². The number of benzene rings is 2. The first-order valence-corrected chi connectivity index (χ1v) is 7.32. The number of para-hydroxylation sites is 1. The molecule has 2 aromatic carbocycles. The molecule has 0 atom stereocenters. The highest BCUT2D eigenvalue weighted by Crippen LogP contribution is 2.21. The predicted octanol–water partition coefficient (Wildman–Crippen LogP) is 3.62. The van der Waals surface area contributed by atoms with E-state index in [0.717, 1.165) is 10.9 Å². The highest BCUT2D eigenvalue weighted by atomic mass is 16.6. The normalized spacial score (nSPS) is 11.1. The van der Waals surface area contributed by atoms with Crippen molar-refractivity contribution >= 4 is 34.3 Å². The molecular weight excluding hydrogens is 320 g/mol. The summed E-state index contributed by atoms with van der Waals surface area (Å²) in [4.78, 5) is 25.6. The number of carbonyl (C=O) groups excluding carboxylic acids is 1. The molecule has 3 aromatic rings. The van der Waals surface area contributed by atoms with Crippen LogP contribution in [-0.2, 0) is 4.79 Å². The van der Waals surface area contributed by atoms with Crippen LogP contribution in [-0.4, -0.2) is 15.8 Å². The molecule has 7 nitrogen and oxygen atoms in total. The van der Waals surface area contributed by atoms with E-state index in [2.05, 4.69) is 10.3 Å². The van der Waals surface area contributed by atoms with Gasteiger partial charge in [0.1, 0.15) is 11.6 Å². The number of rotatable bonds is 4. The molecular formula is C18H12N4O3. The lowest BCUT2D eigenvalue weighted by molar-refractivity contribution is -0.384. The minimum Gasteiger partial charge on any atom is -0.361 e. The van der Waals surface area contributed by atoms with Crippen LogP contribution in [0.5, 0.6) is 0 Å². The fourth-order valence-electron chi connectivity index (χ4n) is 2.41. The molecule has 0 saturated heterocycles. The molecule has 1 aromatic heterocycles. The Hall–Kier alpha value is -3.92. The summed E-state index contributed by atoms with van der Waals surface area (Å²) < 4.78 is 0. The number of nitrogens with zero attached hydrogens (tertiary/aromatic N) is 2. The zero-order chi connectivity index (χ0) is 17.8. The molecule has 3 rings (SSSR count). The molecule has 0 spiro atoms. The van der Waals surface area contributed by atoms with Gasteiger partial charge in [0.05, 0.1) is 4.92 Å². The number of aromatic nitrogens is 1. The van der Waals surface area contributed by atoms with E-state index in [1.165, 1.54) is 30.3 Å². The first-order valence-electron chi connectivity index (χ1n) is 7.32. The molecule has 0 fully saturated rings. The predicted molar refractivity (Wildman–Crippen MR) is 93.6 cm³/mol. The quantitative estimate of drug-likeness (QED) is 0.329. The Labute approximate surface area is 142 Å². The average Bonchev–Trinajstić information content (AvgIpc) is 3.02. The molecule has 1 heterocycles. The lowest BCUT2D eigenvalue weighted by atomic mass is 10.1. The highest BCUT2D eigenvalue weighted by Gasteiger charge is 2.13. The van der Waals surface area contributed by atoms with Crippen LogP contribution in [0, 0.1) is 21.4 Å². The second kappa shape index (κ2) is 6.68. The summed E-state index contributed by atoms with van der Waals surface area (Å²) in [6, 6.07) is 14.9. The number of non-ortho nitro benzene ring substituents is 1. The minimum absolute atomic E-state index is 0.101. The number of hydrogen-bond acceptors (Lipinski definition) is 4. The summed E-state index contributed by atoms with van der Waals surface area (Å²) in [5.41, 5.74) is 1.61. The van der Waals surface area contributed by atoms with Crippen molar-refractivity contribution in [3.63, 3.8) is 0 Å². The number of anilines is 1. The van der Waals surface area contributed by atoms with Gasteiger partial charge in [0.2, 0.25) is 0 Å². The third-order valence-electron chi connectivity index (χ3n) is 3.60. The zero-order valence-electron chi connectivity index (χ0n) is 12.9. The summed E-state index contributed by atoms with van der Waals surface area (Å²) in [7, 11) is 0. The number of nitrogens with one attached hydrogen (secondary N) is 2. The molecule has 0 aliphatic carbocycles. The minimum atomic E-state index is -0.631. The Morgan fingerprint density at radius 1 is 1.24 bits per heavy atom. The van der Waals surface area contributed by atoms with Gasteiger partial charge in [0.15, 0.2) is 0 Å². The Morgan fingerprint density at radius 3 is 2.80 bits per heavy atom. The van der Waals surface area contributed by atoms with Crippen molar-refractivity contribution in [1.29, 1.82) is 5.26 Å². The zero-order valence-corrected chi connectivity index (χ0v) is 12.9. The summed E-state index contributed by atoms with van der Waals surface area (Å²) in [6.45, 7) is 0. The molecule has 25 heavy (non-hydrogen) atoms. The SMILES string of the molecule is N#C/C(=C\c1c[nH]c2ccccc12)C(=O)Nc1cccc([N+](=O)[O-])c1. The number of fused-ring (bicyclic) bond motifs is 1. The Bertz CT molecular complexity index is 1040. The first kappa shape index (κ1) is 16.0. The van der Waals surface area contributed by atoms with Crippen LogP contribution in [0.3, 0.4) is 0 Å². The monoisotopic (exact) mass is 332 g/mol. The third kappa shape index (κ3) is 3.38. The van der Waals surface area contributed by atoms with E-state index < -0.39 is 10.8 Å². The van der Waals surface area contributed by atoms with Crippen molar-refractivity contribution in [3.8, 4) is 6.07 Å². The average molecular weight is 332 g/mol. The van der Waals surface area contributed by atoms with Gasteiger partial charge in [0, 0.05) is 40.5 Å². The molecule has 1 amide bonds. The van der Waals surface area contributed by atoms with Crippen molar-refractivity contribution in [2.75, 3.05) is 5.32 Å². The van der Waals surface area contributed by atoms with E-state index in [0.29, 0.717) is 5.56 Å². The largest absolute Gasteiger partial charge is 0.361 e. The number of aromatic amines is 1. The van der Waals surface area contributed by atoms with Crippen molar-refractivity contribution in [2.24, 2.45) is 0 Å². The maximum absolute atomic E-state index is 12.3. The van der Waals surface area contributed by atoms with Gasteiger partial charge < -0.3 is 10.3 Å². The summed E-state index contributed by atoms with van der Waals surface area (Å²) >= 11 is 0. The van der Waals surface area contributed by atoms with Crippen LogP contribution in [0.4, 0.5) is 11.4 Å². The molecule has 2 N–H and O–H groups in total. The van der Waals surface area contributed by atoms with Crippen LogP contribution in [0.15, 0.2) is 60.3 Å². The Balaban J connectivity index is 1.88. The van der Waals surface area contributed by atoms with Crippen LogP contribution >= 0.6 is 0 Å². The maximum atomic E-state index is 12.3. The standard InChI is InChI=1S/C18H12N4O3/c19-10-12(8-13-11-20-17-7-2-1-6-16(13)17)18(23)21-14-4-3-5-15(9-14)22(24)25/h1-9,11,20H,(H,21,23)/b12-8+. The summed E-state index contributed by atoms with van der Waals surface area (Å²) in [5, 5.41) is 23.5. The van der Waals surface area contributed by atoms with Gasteiger partial charge in [-0.15, -0.1) is 0 Å². The molecule has 0 aliphatic rings. The first-order chi connectivity index (χ1) is 12.1. The number of nitriles is 1. The van der Waals surface area contributed by atoms with Crippen LogP contribution in [0.1, 0.15) is 5.56 Å². The van der Waals surface area contributed by atoms with Gasteiger partial charge in [-0.25, -0.2) is 0 Å². The van der Waals surface area contributed by atoms with Gasteiger partial charge in [-0.2, -0.15) is 5.26 Å². The van der Waals surface area contributed by atoms with Crippen molar-refractivity contribution in [2.45, 2.75) is 0 Å². The molecule has 0 saturated carbocycles. The fourth-order valence-corrected chi connectivity index (χ4v) is 2.41. The Kier molecular flexibility index (Phi) is 4.26. The lowest BCUT2D eigenvalue weighted by Gasteiger charge is -2.04. The van der Waals surface area contributed by atoms with E-state index >= 15 is 0 Å². The number of nitro groups is 1. The highest BCUT2D eigenvalue weighted by molar-refractivity contribution is 6.10. The van der Waals surface area contributed by atoms with E-state index in [4.69, 9.17) is 0 Å². The molecule has 0 aliphatic heterocycles. The Morgan fingerprint density at radius 2 is 2.04 bits per heavy atom. The molecule has 7 heteroatoms. The van der Waals surface area contributed by atoms with Gasteiger partial charge in [-0.3, -0.25) is 14.9 Å². The number of H-pyrrole nitrogens is 1.